The number of nitrogen functional groups attached to an aromatic ring is 1. The number of nitrogens with two attached hydrogens (primary N) is 1. The number of nitro groups is 1. The number of carbonyl (C=O) groups excluding carboxylic acids is 1. The predicted octanol–water partition coefficient (Wildman–Crippen LogP) is 4.18. The summed E-state index contributed by atoms with van der Waals surface area (Å²) in [4.78, 5) is 32.9. The van der Waals surface area contributed by atoms with E-state index >= 15 is 0 Å². The minimum atomic E-state index is -0.556. The molecule has 2 heterocycles. The first-order valence-electron chi connectivity index (χ1n) is 7.66. The van der Waals surface area contributed by atoms with E-state index < -0.39 is 4.92 Å². The maximum Gasteiger partial charge on any atom is 0.271 e. The Morgan fingerprint density at radius 2 is 2.15 bits per heavy atom. The summed E-state index contributed by atoms with van der Waals surface area (Å²) in [6, 6.07) is 3.85. The molecule has 0 atom stereocenters. The van der Waals surface area contributed by atoms with Gasteiger partial charge in [0.1, 0.15) is 10.6 Å². The molecule has 2 aromatic heterocycles. The Bertz CT molecular complexity index is 1070. The van der Waals surface area contributed by atoms with E-state index in [1.54, 1.807) is 0 Å². The number of thiophene rings is 1. The van der Waals surface area contributed by atoms with Gasteiger partial charge in [-0.25, -0.2) is 9.97 Å². The van der Waals surface area contributed by atoms with Crippen LogP contribution >= 0.6 is 34.7 Å². The number of amides is 1. The van der Waals surface area contributed by atoms with Gasteiger partial charge in [0.15, 0.2) is 5.16 Å². The second kappa shape index (κ2) is 7.67. The number of carbonyl (C=O) groups is 1. The largest absolute Gasteiger partial charge is 0.383 e. The van der Waals surface area contributed by atoms with Crippen LogP contribution in [0, 0.1) is 24.0 Å². The first-order valence-corrected chi connectivity index (χ1v) is 9.84. The number of aromatic nitrogens is 2. The van der Waals surface area contributed by atoms with Crippen LogP contribution in [0.25, 0.3) is 10.2 Å². The average Bonchev–Trinajstić information content (AvgIpc) is 2.89. The van der Waals surface area contributed by atoms with E-state index in [1.807, 2.05) is 13.8 Å². The third kappa shape index (κ3) is 4.12. The Morgan fingerprint density at radius 1 is 1.41 bits per heavy atom. The number of nitrogens with zero attached hydrogens (tertiary/aromatic N) is 3. The van der Waals surface area contributed by atoms with Crippen LogP contribution < -0.4 is 11.1 Å². The lowest BCUT2D eigenvalue weighted by molar-refractivity contribution is -0.384. The third-order valence-electron chi connectivity index (χ3n) is 3.81. The van der Waals surface area contributed by atoms with E-state index in [0.717, 1.165) is 32.4 Å². The molecular formula is C16H14ClN5O3S2. The van der Waals surface area contributed by atoms with Crippen LogP contribution in [-0.2, 0) is 4.79 Å². The van der Waals surface area contributed by atoms with E-state index in [-0.39, 0.29) is 22.4 Å². The van der Waals surface area contributed by atoms with Gasteiger partial charge in [0.2, 0.25) is 5.91 Å². The molecule has 0 radical (unpaired) electrons. The third-order valence-corrected chi connectivity index (χ3v) is 6.07. The highest BCUT2D eigenvalue weighted by Gasteiger charge is 2.15. The summed E-state index contributed by atoms with van der Waals surface area (Å²) in [7, 11) is 0. The number of benzene rings is 1. The van der Waals surface area contributed by atoms with Crippen molar-refractivity contribution in [2.24, 2.45) is 0 Å². The fraction of sp³-hybridized carbons (Fsp3) is 0.188. The van der Waals surface area contributed by atoms with E-state index in [2.05, 4.69) is 15.3 Å². The number of anilines is 2. The molecule has 0 unspecified atom stereocenters. The zero-order valence-electron chi connectivity index (χ0n) is 14.3. The second-order valence-corrected chi connectivity index (χ2v) is 8.17. The molecule has 0 spiro atoms. The molecular weight excluding hydrogens is 410 g/mol. The first-order chi connectivity index (χ1) is 12.8. The molecule has 8 nitrogen and oxygen atoms in total. The summed E-state index contributed by atoms with van der Waals surface area (Å²) in [5.74, 6) is 0.0986. The molecule has 0 bridgehead atoms. The Hall–Kier alpha value is -2.43. The van der Waals surface area contributed by atoms with Crippen molar-refractivity contribution in [3.05, 3.63) is 43.8 Å². The standard InChI is InChI=1S/C16H14ClN5O3S2/c1-7-8(2)27-15-13(7)14(18)20-16(21-15)26-6-12(23)19-11-4-3-9(22(24)25)5-10(11)17/h3-5H,6H2,1-2H3,(H,19,23)(H2,18,20,21). The van der Waals surface area contributed by atoms with Gasteiger partial charge in [0, 0.05) is 17.0 Å². The lowest BCUT2D eigenvalue weighted by Gasteiger charge is -2.07. The quantitative estimate of drug-likeness (QED) is 0.273. The molecule has 140 valence electrons. The number of hydrogen-bond acceptors (Lipinski definition) is 8. The molecule has 3 rings (SSSR count). The Balaban J connectivity index is 1.69. The molecule has 0 aliphatic rings. The lowest BCUT2D eigenvalue weighted by Crippen LogP contribution is -2.14. The fourth-order valence-electron chi connectivity index (χ4n) is 2.36. The monoisotopic (exact) mass is 423 g/mol. The molecule has 0 fully saturated rings. The zero-order valence-corrected chi connectivity index (χ0v) is 16.7. The molecule has 0 saturated carbocycles. The molecule has 27 heavy (non-hydrogen) atoms. The smallest absolute Gasteiger partial charge is 0.271 e. The van der Waals surface area contributed by atoms with E-state index in [9.17, 15) is 14.9 Å². The van der Waals surface area contributed by atoms with Gasteiger partial charge in [-0.2, -0.15) is 0 Å². The number of thioether (sulfide) groups is 1. The molecule has 3 aromatic rings. The molecule has 1 aromatic carbocycles. The summed E-state index contributed by atoms with van der Waals surface area (Å²) in [5, 5.41) is 14.7. The fourth-order valence-corrected chi connectivity index (χ4v) is 4.33. The number of hydrogen-bond donors (Lipinski definition) is 2. The second-order valence-electron chi connectivity index (χ2n) is 5.61. The van der Waals surface area contributed by atoms with Gasteiger partial charge < -0.3 is 11.1 Å². The van der Waals surface area contributed by atoms with Gasteiger partial charge in [-0.15, -0.1) is 11.3 Å². The maximum absolute atomic E-state index is 12.2. The zero-order chi connectivity index (χ0) is 19.7. The number of aryl methyl sites for hydroxylation is 2. The van der Waals surface area contributed by atoms with Crippen molar-refractivity contribution in [1.29, 1.82) is 0 Å². The molecule has 0 aliphatic heterocycles. The van der Waals surface area contributed by atoms with Crippen molar-refractivity contribution in [1.82, 2.24) is 9.97 Å². The Kier molecular flexibility index (Phi) is 5.49. The minimum Gasteiger partial charge on any atom is -0.383 e. The summed E-state index contributed by atoms with van der Waals surface area (Å²) in [6.45, 7) is 3.97. The van der Waals surface area contributed by atoms with Crippen molar-refractivity contribution in [3.8, 4) is 0 Å². The molecule has 3 N–H and O–H groups in total. The van der Waals surface area contributed by atoms with Crippen molar-refractivity contribution in [2.45, 2.75) is 19.0 Å². The van der Waals surface area contributed by atoms with Gasteiger partial charge in [0.05, 0.1) is 26.8 Å². The molecule has 1 amide bonds. The van der Waals surface area contributed by atoms with Gasteiger partial charge in [-0.1, -0.05) is 23.4 Å². The highest BCUT2D eigenvalue weighted by molar-refractivity contribution is 7.99. The van der Waals surface area contributed by atoms with Gasteiger partial charge in [-0.3, -0.25) is 14.9 Å². The molecule has 11 heteroatoms. The van der Waals surface area contributed by atoms with E-state index in [4.69, 9.17) is 17.3 Å². The minimum absolute atomic E-state index is 0.0433. The SMILES string of the molecule is Cc1sc2nc(SCC(=O)Nc3ccc([N+](=O)[O-])cc3Cl)nc(N)c2c1C. The summed E-state index contributed by atoms with van der Waals surface area (Å²) in [5.41, 5.74) is 7.25. The number of halogens is 1. The lowest BCUT2D eigenvalue weighted by atomic mass is 10.2. The van der Waals surface area contributed by atoms with Gasteiger partial charge >= 0.3 is 0 Å². The summed E-state index contributed by atoms with van der Waals surface area (Å²) in [6.07, 6.45) is 0. The number of nitrogens with one attached hydrogen (secondary N) is 1. The van der Waals surface area contributed by atoms with Crippen LogP contribution in [-0.4, -0.2) is 26.6 Å². The molecule has 0 aliphatic carbocycles. The summed E-state index contributed by atoms with van der Waals surface area (Å²) >= 11 is 8.65. The van der Waals surface area contributed by atoms with Crippen molar-refractivity contribution in [2.75, 3.05) is 16.8 Å². The van der Waals surface area contributed by atoms with Crippen LogP contribution in [0.15, 0.2) is 23.4 Å². The average molecular weight is 424 g/mol. The Labute approximate surface area is 167 Å². The number of nitro benzene ring substituents is 1. The topological polar surface area (TPSA) is 124 Å². The number of rotatable bonds is 5. The van der Waals surface area contributed by atoms with Crippen LogP contribution in [0.2, 0.25) is 5.02 Å². The van der Waals surface area contributed by atoms with Crippen LogP contribution in [0.5, 0.6) is 0 Å². The van der Waals surface area contributed by atoms with E-state index in [1.165, 1.54) is 29.5 Å². The van der Waals surface area contributed by atoms with Gasteiger partial charge in [0.25, 0.3) is 5.69 Å². The number of non-ortho nitro benzene ring substituents is 1. The highest BCUT2D eigenvalue weighted by Crippen LogP contribution is 2.33. The predicted molar refractivity (Wildman–Crippen MR) is 109 cm³/mol. The van der Waals surface area contributed by atoms with Gasteiger partial charge in [-0.05, 0) is 25.5 Å². The normalized spacial score (nSPS) is 10.9. The van der Waals surface area contributed by atoms with Crippen molar-refractivity contribution in [3.63, 3.8) is 0 Å². The Morgan fingerprint density at radius 3 is 2.81 bits per heavy atom. The van der Waals surface area contributed by atoms with Crippen LogP contribution in [0.1, 0.15) is 10.4 Å². The first kappa shape index (κ1) is 19.3. The number of fused-ring (bicyclic) bond motifs is 1. The highest BCUT2D eigenvalue weighted by atomic mass is 35.5. The summed E-state index contributed by atoms with van der Waals surface area (Å²) < 4.78 is 0. The van der Waals surface area contributed by atoms with Crippen molar-refractivity contribution >= 4 is 68.0 Å². The maximum atomic E-state index is 12.2. The van der Waals surface area contributed by atoms with Crippen LogP contribution in [0.4, 0.5) is 17.2 Å². The van der Waals surface area contributed by atoms with E-state index in [0.29, 0.717) is 16.7 Å². The van der Waals surface area contributed by atoms with Crippen LogP contribution in [0.3, 0.4) is 0 Å². The van der Waals surface area contributed by atoms with Crippen molar-refractivity contribution < 1.29 is 9.72 Å². The molecule has 0 saturated heterocycles.